The summed E-state index contributed by atoms with van der Waals surface area (Å²) in [5.41, 5.74) is -0.305. The van der Waals surface area contributed by atoms with Crippen molar-refractivity contribution in [1.82, 2.24) is 5.32 Å². The number of nitrogens with zero attached hydrogens (tertiary/aromatic N) is 1. The number of nitrogens with one attached hydrogen (secondary N) is 1. The van der Waals surface area contributed by atoms with Gasteiger partial charge in [-0.15, -0.1) is 0 Å². The molecule has 21 heavy (non-hydrogen) atoms. The Bertz CT molecular complexity index is 518. The fourth-order valence-electron chi connectivity index (χ4n) is 2.25. The van der Waals surface area contributed by atoms with Crippen molar-refractivity contribution < 1.29 is 19.1 Å². The van der Waals surface area contributed by atoms with E-state index in [1.807, 2.05) is 13.8 Å². The Morgan fingerprint density at radius 3 is 2.90 bits per heavy atom. The van der Waals surface area contributed by atoms with Gasteiger partial charge < -0.3 is 19.5 Å². The average molecular weight is 296 g/mol. The summed E-state index contributed by atoms with van der Waals surface area (Å²) in [5.74, 6) is 0.699. The lowest BCUT2D eigenvalue weighted by Crippen LogP contribution is -2.52. The first-order valence-corrected chi connectivity index (χ1v) is 6.75. The molecule has 1 unspecified atom stereocenters. The van der Waals surface area contributed by atoms with Crippen molar-refractivity contribution in [1.29, 1.82) is 0 Å². The number of hydrogen-bond acceptors (Lipinski definition) is 6. The highest BCUT2D eigenvalue weighted by Gasteiger charge is 2.28. The normalized spacial score (nSPS) is 20.8. The maximum absolute atomic E-state index is 10.8. The molecule has 2 rings (SSSR count). The van der Waals surface area contributed by atoms with Crippen molar-refractivity contribution in [2.75, 3.05) is 26.8 Å². The van der Waals surface area contributed by atoms with Crippen LogP contribution in [0.2, 0.25) is 0 Å². The number of benzene rings is 1. The molecular weight excluding hydrogens is 276 g/mol. The first kappa shape index (κ1) is 15.5. The zero-order chi connectivity index (χ0) is 15.5. The van der Waals surface area contributed by atoms with E-state index in [1.54, 1.807) is 6.07 Å². The van der Waals surface area contributed by atoms with Crippen LogP contribution in [0.5, 0.6) is 11.5 Å². The van der Waals surface area contributed by atoms with Crippen molar-refractivity contribution in [3.05, 3.63) is 28.3 Å². The number of ether oxygens (including phenoxy) is 3. The Balaban J connectivity index is 1.99. The minimum absolute atomic E-state index is 0.0602. The molecule has 1 N–H and O–H groups in total. The smallest absolute Gasteiger partial charge is 0.311 e. The molecule has 7 nitrogen and oxygen atoms in total. The fraction of sp³-hybridized carbons (Fsp3) is 0.571. The van der Waals surface area contributed by atoms with Crippen LogP contribution >= 0.6 is 0 Å². The summed E-state index contributed by atoms with van der Waals surface area (Å²) in [4.78, 5) is 10.3. The van der Waals surface area contributed by atoms with E-state index in [9.17, 15) is 10.1 Å². The molecule has 0 radical (unpaired) electrons. The lowest BCUT2D eigenvalue weighted by molar-refractivity contribution is -0.385. The van der Waals surface area contributed by atoms with Crippen molar-refractivity contribution in [3.63, 3.8) is 0 Å². The van der Waals surface area contributed by atoms with E-state index in [2.05, 4.69) is 5.32 Å². The molecule has 0 aliphatic carbocycles. The van der Waals surface area contributed by atoms with Gasteiger partial charge in [-0.3, -0.25) is 10.1 Å². The Hall–Kier alpha value is -1.86. The van der Waals surface area contributed by atoms with E-state index in [1.165, 1.54) is 19.2 Å². The van der Waals surface area contributed by atoms with Gasteiger partial charge in [-0.25, -0.2) is 0 Å². The summed E-state index contributed by atoms with van der Waals surface area (Å²) in [5, 5.41) is 14.1. The number of morpholine rings is 1. The van der Waals surface area contributed by atoms with E-state index in [4.69, 9.17) is 14.2 Å². The Morgan fingerprint density at radius 2 is 2.29 bits per heavy atom. The molecule has 1 atom stereocenters. The van der Waals surface area contributed by atoms with Crippen molar-refractivity contribution in [2.24, 2.45) is 0 Å². The van der Waals surface area contributed by atoms with Gasteiger partial charge in [-0.05, 0) is 19.9 Å². The molecule has 0 aromatic heterocycles. The molecule has 1 aliphatic rings. The molecular formula is C14H20N2O5. The summed E-state index contributed by atoms with van der Waals surface area (Å²) in [6, 6.07) is 4.44. The topological polar surface area (TPSA) is 82.9 Å². The molecule has 1 fully saturated rings. The van der Waals surface area contributed by atoms with Crippen LogP contribution in [0.4, 0.5) is 5.69 Å². The second-order valence-electron chi connectivity index (χ2n) is 5.53. The number of rotatable bonds is 5. The van der Waals surface area contributed by atoms with E-state index in [0.717, 1.165) is 6.54 Å². The highest BCUT2D eigenvalue weighted by molar-refractivity contribution is 5.50. The molecule has 1 aromatic rings. The molecule has 0 bridgehead atoms. The lowest BCUT2D eigenvalue weighted by Gasteiger charge is -2.36. The minimum Gasteiger partial charge on any atom is -0.491 e. The maximum Gasteiger partial charge on any atom is 0.311 e. The van der Waals surface area contributed by atoms with Crippen LogP contribution in [0, 0.1) is 10.1 Å². The van der Waals surface area contributed by atoms with Gasteiger partial charge >= 0.3 is 5.69 Å². The van der Waals surface area contributed by atoms with Crippen molar-refractivity contribution in [2.45, 2.75) is 25.6 Å². The molecule has 1 aromatic carbocycles. The molecule has 0 spiro atoms. The van der Waals surface area contributed by atoms with Crippen molar-refractivity contribution in [3.8, 4) is 11.5 Å². The third-order valence-corrected chi connectivity index (χ3v) is 3.19. The zero-order valence-electron chi connectivity index (χ0n) is 12.4. The van der Waals surface area contributed by atoms with Gasteiger partial charge in [0.15, 0.2) is 0 Å². The Labute approximate surface area is 123 Å². The first-order chi connectivity index (χ1) is 9.91. The van der Waals surface area contributed by atoms with Gasteiger partial charge in [0.05, 0.1) is 17.6 Å². The molecule has 1 heterocycles. The van der Waals surface area contributed by atoms with Crippen LogP contribution < -0.4 is 14.8 Å². The van der Waals surface area contributed by atoms with E-state index in [-0.39, 0.29) is 23.1 Å². The molecule has 0 amide bonds. The second kappa shape index (κ2) is 6.28. The molecule has 0 saturated carbocycles. The van der Waals surface area contributed by atoms with E-state index >= 15 is 0 Å². The maximum atomic E-state index is 10.8. The summed E-state index contributed by atoms with van der Waals surface area (Å²) in [7, 11) is 1.39. The van der Waals surface area contributed by atoms with E-state index < -0.39 is 4.92 Å². The number of nitro groups is 1. The lowest BCUT2D eigenvalue weighted by atomic mass is 10.1. The Kier molecular flexibility index (Phi) is 4.64. The fourth-order valence-corrected chi connectivity index (χ4v) is 2.25. The minimum atomic E-state index is -0.487. The monoisotopic (exact) mass is 296 g/mol. The average Bonchev–Trinajstić information content (AvgIpc) is 2.43. The first-order valence-electron chi connectivity index (χ1n) is 6.75. The predicted octanol–water partition coefficient (Wildman–Crippen LogP) is 1.75. The zero-order valence-corrected chi connectivity index (χ0v) is 12.4. The summed E-state index contributed by atoms with van der Waals surface area (Å²) in [6.07, 6.45) is -0.0602. The summed E-state index contributed by atoms with van der Waals surface area (Å²) >= 11 is 0. The summed E-state index contributed by atoms with van der Waals surface area (Å²) in [6.45, 7) is 5.92. The molecule has 1 aliphatic heterocycles. The van der Waals surface area contributed by atoms with Crippen LogP contribution in [-0.4, -0.2) is 43.4 Å². The van der Waals surface area contributed by atoms with Gasteiger partial charge in [0.25, 0.3) is 0 Å². The number of methoxy groups -OCH3 is 1. The third kappa shape index (κ3) is 4.05. The van der Waals surface area contributed by atoms with Crippen LogP contribution in [0.25, 0.3) is 0 Å². The van der Waals surface area contributed by atoms with Crippen LogP contribution in [0.3, 0.4) is 0 Å². The number of nitro benzene ring substituents is 1. The van der Waals surface area contributed by atoms with Gasteiger partial charge in [-0.2, -0.15) is 0 Å². The molecule has 116 valence electrons. The Morgan fingerprint density at radius 1 is 1.52 bits per heavy atom. The number of hydrogen-bond donors (Lipinski definition) is 1. The largest absolute Gasteiger partial charge is 0.491 e. The molecule has 7 heteroatoms. The van der Waals surface area contributed by atoms with Gasteiger partial charge in [0.1, 0.15) is 18.5 Å². The van der Waals surface area contributed by atoms with E-state index in [0.29, 0.717) is 18.9 Å². The van der Waals surface area contributed by atoms with Gasteiger partial charge in [0.2, 0.25) is 5.75 Å². The SMILES string of the molecule is COc1cc(OCC2CNCC(C)(C)O2)ccc1[N+](=O)[O-]. The highest BCUT2D eigenvalue weighted by Crippen LogP contribution is 2.31. The predicted molar refractivity (Wildman–Crippen MR) is 77.0 cm³/mol. The quantitative estimate of drug-likeness (QED) is 0.658. The second-order valence-corrected chi connectivity index (χ2v) is 5.53. The standard InChI is InChI=1S/C14H20N2O5/c1-14(2)9-15-7-11(21-14)8-20-10-4-5-12(16(17)18)13(6-10)19-3/h4-6,11,15H,7-9H2,1-3H3. The van der Waals surface area contributed by atoms with Gasteiger partial charge in [0, 0.05) is 25.2 Å². The van der Waals surface area contributed by atoms with Crippen LogP contribution in [0.1, 0.15) is 13.8 Å². The van der Waals surface area contributed by atoms with Crippen molar-refractivity contribution >= 4 is 5.69 Å². The highest BCUT2D eigenvalue weighted by atomic mass is 16.6. The van der Waals surface area contributed by atoms with Crippen LogP contribution in [0.15, 0.2) is 18.2 Å². The van der Waals surface area contributed by atoms with Crippen LogP contribution in [-0.2, 0) is 4.74 Å². The third-order valence-electron chi connectivity index (χ3n) is 3.19. The molecule has 1 saturated heterocycles. The van der Waals surface area contributed by atoms with Gasteiger partial charge in [-0.1, -0.05) is 0 Å². The summed E-state index contributed by atoms with van der Waals surface area (Å²) < 4.78 is 16.5.